The second kappa shape index (κ2) is 20.2. The van der Waals surface area contributed by atoms with E-state index in [9.17, 15) is 14.4 Å². The molecule has 4 rings (SSSR count). The molecule has 0 radical (unpaired) electrons. The highest BCUT2D eigenvalue weighted by Crippen LogP contribution is 2.40. The van der Waals surface area contributed by atoms with Gasteiger partial charge in [0, 0.05) is 32.1 Å². The van der Waals surface area contributed by atoms with Crippen LogP contribution < -0.4 is 16.0 Å². The van der Waals surface area contributed by atoms with E-state index in [4.69, 9.17) is 9.72 Å². The molecule has 1 aromatic heterocycles. The third-order valence-corrected chi connectivity index (χ3v) is 9.01. The number of benzene rings is 3. The number of carbonyl (C=O) groups excluding carboxylic acids is 3. The number of unbranched alkanes of at least 4 members (excludes halogenated alkanes) is 7. The van der Waals surface area contributed by atoms with Gasteiger partial charge in [-0.1, -0.05) is 143 Å². The summed E-state index contributed by atoms with van der Waals surface area (Å²) in [6.07, 6.45) is 12.7. The van der Waals surface area contributed by atoms with Crippen molar-refractivity contribution in [1.29, 1.82) is 0 Å². The van der Waals surface area contributed by atoms with Crippen LogP contribution in [-0.2, 0) is 26.3 Å². The molecule has 1 heterocycles. The van der Waals surface area contributed by atoms with E-state index >= 15 is 0 Å². The first-order valence-corrected chi connectivity index (χ1v) is 18.9. The molecule has 0 saturated carbocycles. The molecule has 0 bridgehead atoms. The quantitative estimate of drug-likeness (QED) is 0.0638. The van der Waals surface area contributed by atoms with Crippen molar-refractivity contribution < 1.29 is 19.1 Å². The first-order valence-electron chi connectivity index (χ1n) is 18.9. The number of hydrogen-bond acceptors (Lipinski definition) is 5. The van der Waals surface area contributed by atoms with Gasteiger partial charge in [-0.05, 0) is 43.9 Å². The van der Waals surface area contributed by atoms with Crippen LogP contribution in [0.25, 0.3) is 0 Å². The lowest BCUT2D eigenvalue weighted by atomic mass is 9.77. The van der Waals surface area contributed by atoms with Crippen molar-refractivity contribution in [3.63, 3.8) is 0 Å². The van der Waals surface area contributed by atoms with Crippen LogP contribution in [0.5, 0.6) is 0 Å². The van der Waals surface area contributed by atoms with Gasteiger partial charge in [0.2, 0.25) is 11.8 Å². The summed E-state index contributed by atoms with van der Waals surface area (Å²) in [6.45, 7) is 8.17. The van der Waals surface area contributed by atoms with Crippen LogP contribution >= 0.6 is 0 Å². The predicted octanol–water partition coefficient (Wildman–Crippen LogP) is 7.92. The van der Waals surface area contributed by atoms with Gasteiger partial charge in [-0.25, -0.2) is 9.78 Å². The number of amides is 3. The first-order chi connectivity index (χ1) is 25.1. The van der Waals surface area contributed by atoms with Gasteiger partial charge in [0.1, 0.15) is 17.2 Å². The summed E-state index contributed by atoms with van der Waals surface area (Å²) in [5.74, 6) is -0.610. The van der Waals surface area contributed by atoms with E-state index in [1.807, 2.05) is 67.1 Å². The number of ether oxygens (including phenoxy) is 1. The Balaban J connectivity index is 1.54. The Morgan fingerprint density at radius 2 is 1.23 bits per heavy atom. The Morgan fingerprint density at radius 3 is 1.75 bits per heavy atom. The average Bonchev–Trinajstić information content (AvgIpc) is 3.60. The Hall–Kier alpha value is -4.92. The molecule has 0 unspecified atom stereocenters. The van der Waals surface area contributed by atoms with E-state index in [2.05, 4.69) is 63.8 Å². The molecule has 9 heteroatoms. The van der Waals surface area contributed by atoms with Gasteiger partial charge in [0.15, 0.2) is 0 Å². The standard InChI is InChI=1S/C43H57N5O4/c1-5-6-7-8-9-10-11-21-29-44-40(50)38(47-39(49)28-30-45-41(51)52-42(2,3)4)31-37-32-48(33-46-37)43(34-22-15-12-16-23-34,35-24-17-13-18-25-35)36-26-19-14-20-27-36/h12-20,22-27,32-33,38H,5-11,21,28-31H2,1-4H3,(H,44,50)(H,45,51)(H,47,49)/t38-/m0/s1. The van der Waals surface area contributed by atoms with Gasteiger partial charge in [-0.3, -0.25) is 9.59 Å². The zero-order valence-electron chi connectivity index (χ0n) is 31.4. The summed E-state index contributed by atoms with van der Waals surface area (Å²) < 4.78 is 7.39. The third-order valence-electron chi connectivity index (χ3n) is 9.01. The molecular formula is C43H57N5O4. The van der Waals surface area contributed by atoms with Crippen LogP contribution in [-0.4, -0.2) is 52.2 Å². The molecule has 3 aromatic carbocycles. The lowest BCUT2D eigenvalue weighted by molar-refractivity contribution is -0.129. The highest BCUT2D eigenvalue weighted by atomic mass is 16.6. The van der Waals surface area contributed by atoms with Crippen LogP contribution in [0.4, 0.5) is 4.79 Å². The van der Waals surface area contributed by atoms with Crippen molar-refractivity contribution in [2.24, 2.45) is 0 Å². The molecule has 0 fully saturated rings. The van der Waals surface area contributed by atoms with Crippen molar-refractivity contribution in [2.45, 2.75) is 109 Å². The molecule has 0 saturated heterocycles. The van der Waals surface area contributed by atoms with Crippen LogP contribution in [0, 0.1) is 0 Å². The SMILES string of the molecule is CCCCCCCCCCNC(=O)[C@H](Cc1cn(C(c2ccccc2)(c2ccccc2)c2ccccc2)cn1)NC(=O)CCNC(=O)OC(C)(C)C. The molecule has 0 aliphatic carbocycles. The Labute approximate surface area is 310 Å². The van der Waals surface area contributed by atoms with Gasteiger partial charge in [-0.2, -0.15) is 0 Å². The molecule has 4 aromatic rings. The third kappa shape index (κ3) is 11.8. The number of aromatic nitrogens is 2. The molecule has 9 nitrogen and oxygen atoms in total. The molecular weight excluding hydrogens is 651 g/mol. The van der Waals surface area contributed by atoms with Crippen molar-refractivity contribution in [3.8, 4) is 0 Å². The fraction of sp³-hybridized carbons (Fsp3) is 0.442. The fourth-order valence-corrected chi connectivity index (χ4v) is 6.51. The number of alkyl carbamates (subject to hydrolysis) is 1. The first kappa shape index (κ1) is 39.9. The van der Waals surface area contributed by atoms with Crippen LogP contribution in [0.15, 0.2) is 104 Å². The van der Waals surface area contributed by atoms with Gasteiger partial charge in [0.25, 0.3) is 0 Å². The lowest BCUT2D eigenvalue weighted by Gasteiger charge is -2.37. The number of rotatable bonds is 20. The van der Waals surface area contributed by atoms with Gasteiger partial charge in [-0.15, -0.1) is 0 Å². The zero-order chi connectivity index (χ0) is 37.2. The van der Waals surface area contributed by atoms with Crippen LogP contribution in [0.2, 0.25) is 0 Å². The number of nitrogens with one attached hydrogen (secondary N) is 3. The second-order valence-corrected chi connectivity index (χ2v) is 14.3. The fourth-order valence-electron chi connectivity index (χ4n) is 6.51. The van der Waals surface area contributed by atoms with Crippen LogP contribution in [0.3, 0.4) is 0 Å². The summed E-state index contributed by atoms with van der Waals surface area (Å²) >= 11 is 0. The Kier molecular flexibility index (Phi) is 15.5. The topological polar surface area (TPSA) is 114 Å². The van der Waals surface area contributed by atoms with Gasteiger partial charge in [0.05, 0.1) is 12.0 Å². The summed E-state index contributed by atoms with van der Waals surface area (Å²) in [5, 5.41) is 8.60. The smallest absolute Gasteiger partial charge is 0.407 e. The zero-order valence-corrected chi connectivity index (χ0v) is 31.4. The van der Waals surface area contributed by atoms with Crippen molar-refractivity contribution in [2.75, 3.05) is 13.1 Å². The highest BCUT2D eigenvalue weighted by Gasteiger charge is 2.38. The van der Waals surface area contributed by atoms with Crippen molar-refractivity contribution in [3.05, 3.63) is 126 Å². The number of nitrogens with zero attached hydrogens (tertiary/aromatic N) is 2. The molecule has 278 valence electrons. The Morgan fingerprint density at radius 1 is 0.712 bits per heavy atom. The minimum atomic E-state index is -0.856. The summed E-state index contributed by atoms with van der Waals surface area (Å²) in [4.78, 5) is 43.7. The molecule has 0 aliphatic heterocycles. The monoisotopic (exact) mass is 707 g/mol. The van der Waals surface area contributed by atoms with Crippen LogP contribution in [0.1, 0.15) is 108 Å². The lowest BCUT2D eigenvalue weighted by Crippen LogP contribution is -2.49. The molecule has 0 spiro atoms. The van der Waals surface area contributed by atoms with Gasteiger partial charge >= 0.3 is 6.09 Å². The van der Waals surface area contributed by atoms with E-state index in [1.165, 1.54) is 32.1 Å². The molecule has 0 aliphatic rings. The molecule has 1 atom stereocenters. The normalized spacial score (nSPS) is 12.2. The summed E-state index contributed by atoms with van der Waals surface area (Å²) in [5.41, 5.74) is 2.43. The van der Waals surface area contributed by atoms with E-state index in [0.29, 0.717) is 12.2 Å². The molecule has 3 amide bonds. The van der Waals surface area contributed by atoms with E-state index < -0.39 is 23.3 Å². The number of hydrogen-bond donors (Lipinski definition) is 3. The van der Waals surface area contributed by atoms with E-state index in [-0.39, 0.29) is 31.2 Å². The molecule has 3 N–H and O–H groups in total. The van der Waals surface area contributed by atoms with Crippen molar-refractivity contribution >= 4 is 17.9 Å². The van der Waals surface area contributed by atoms with Gasteiger partial charge < -0.3 is 25.3 Å². The Bertz CT molecular complexity index is 1550. The number of imidazole rings is 1. The highest BCUT2D eigenvalue weighted by molar-refractivity contribution is 5.88. The maximum atomic E-state index is 13.6. The average molecular weight is 708 g/mol. The van der Waals surface area contributed by atoms with E-state index in [0.717, 1.165) is 36.0 Å². The molecule has 52 heavy (non-hydrogen) atoms. The maximum absolute atomic E-state index is 13.6. The second-order valence-electron chi connectivity index (χ2n) is 14.3. The van der Waals surface area contributed by atoms with Crippen molar-refractivity contribution in [1.82, 2.24) is 25.5 Å². The minimum Gasteiger partial charge on any atom is -0.444 e. The number of carbonyl (C=O) groups is 3. The largest absolute Gasteiger partial charge is 0.444 e. The van der Waals surface area contributed by atoms with E-state index in [1.54, 1.807) is 20.8 Å². The summed E-state index contributed by atoms with van der Waals surface area (Å²) in [6, 6.07) is 30.1. The predicted molar refractivity (Wildman–Crippen MR) is 207 cm³/mol. The minimum absolute atomic E-state index is 0.00533. The summed E-state index contributed by atoms with van der Waals surface area (Å²) in [7, 11) is 0. The maximum Gasteiger partial charge on any atom is 0.407 e.